The minimum atomic E-state index is -0.466. The van der Waals surface area contributed by atoms with Crippen molar-refractivity contribution >= 4 is 11.7 Å². The fourth-order valence-electron chi connectivity index (χ4n) is 4.05. The Morgan fingerprint density at radius 3 is 2.67 bits per heavy atom. The summed E-state index contributed by atoms with van der Waals surface area (Å²) < 4.78 is 7.57. The van der Waals surface area contributed by atoms with E-state index in [1.807, 2.05) is 66.9 Å². The summed E-state index contributed by atoms with van der Waals surface area (Å²) in [6, 6.07) is 10.4. The zero-order chi connectivity index (χ0) is 19.0. The predicted octanol–water partition coefficient (Wildman–Crippen LogP) is 4.82. The molecule has 5 heteroatoms. The summed E-state index contributed by atoms with van der Waals surface area (Å²) in [5, 5.41) is 4.53. The van der Waals surface area contributed by atoms with E-state index in [2.05, 4.69) is 17.4 Å². The molecule has 4 rings (SSSR count). The fourth-order valence-corrected chi connectivity index (χ4v) is 4.05. The number of hydrogen-bond donors (Lipinski definition) is 0. The van der Waals surface area contributed by atoms with Crippen molar-refractivity contribution < 1.29 is 9.53 Å². The Balaban J connectivity index is 1.58. The molecule has 2 atom stereocenters. The highest BCUT2D eigenvalue weighted by atomic mass is 16.6. The van der Waals surface area contributed by atoms with Crippen molar-refractivity contribution in [1.29, 1.82) is 0 Å². The average molecular weight is 365 g/mol. The minimum absolute atomic E-state index is 0.113. The first-order valence-corrected chi connectivity index (χ1v) is 9.73. The van der Waals surface area contributed by atoms with Crippen LogP contribution in [0.5, 0.6) is 0 Å². The van der Waals surface area contributed by atoms with Gasteiger partial charge in [0.25, 0.3) is 0 Å². The molecule has 0 aliphatic carbocycles. The van der Waals surface area contributed by atoms with E-state index in [9.17, 15) is 4.79 Å². The van der Waals surface area contributed by atoms with Gasteiger partial charge in [-0.25, -0.2) is 9.48 Å². The van der Waals surface area contributed by atoms with Crippen LogP contribution in [-0.4, -0.2) is 38.5 Å². The van der Waals surface area contributed by atoms with E-state index in [4.69, 9.17) is 4.74 Å². The zero-order valence-corrected chi connectivity index (χ0v) is 16.3. The lowest BCUT2D eigenvalue weighted by Gasteiger charge is -2.45. The summed E-state index contributed by atoms with van der Waals surface area (Å²) >= 11 is 0. The van der Waals surface area contributed by atoms with E-state index in [-0.39, 0.29) is 18.2 Å². The summed E-state index contributed by atoms with van der Waals surface area (Å²) in [6.45, 7) is 5.76. The maximum Gasteiger partial charge on any atom is 0.411 e. The van der Waals surface area contributed by atoms with Crippen molar-refractivity contribution in [2.75, 3.05) is 0 Å². The van der Waals surface area contributed by atoms with Crippen LogP contribution < -0.4 is 0 Å². The topological polar surface area (TPSA) is 47.4 Å². The van der Waals surface area contributed by atoms with Gasteiger partial charge in [-0.15, -0.1) is 0 Å². The smallest absolute Gasteiger partial charge is 0.411 e. The lowest BCUT2D eigenvalue weighted by Crippen LogP contribution is -2.52. The maximum atomic E-state index is 12.7. The Morgan fingerprint density at radius 2 is 1.96 bits per heavy atom. The molecule has 2 aliphatic heterocycles. The summed E-state index contributed by atoms with van der Waals surface area (Å²) in [5.74, 6) is 0. The fraction of sp³-hybridized carbons (Fsp3) is 0.455. The molecule has 2 bridgehead atoms. The molecule has 3 heterocycles. The first-order valence-electron chi connectivity index (χ1n) is 9.73. The standard InChI is InChI=1S/C22H27N3O2/c1-22(2,3)27-21(26)25-19-10-7-11-20(25)13-16(12-19)17-14-23-24(15-17)18-8-5-4-6-9-18/h4-6,8-9,12,14-15,19-20H,7,10-11,13H2,1-3H3. The highest BCUT2D eigenvalue weighted by Gasteiger charge is 2.39. The quantitative estimate of drug-likeness (QED) is 0.767. The number of amides is 1. The van der Waals surface area contributed by atoms with Crippen molar-refractivity contribution in [2.24, 2.45) is 0 Å². The van der Waals surface area contributed by atoms with Gasteiger partial charge in [-0.05, 0) is 64.2 Å². The van der Waals surface area contributed by atoms with Crippen LogP contribution in [0.1, 0.15) is 52.0 Å². The number of para-hydroxylation sites is 1. The molecule has 2 aromatic rings. The van der Waals surface area contributed by atoms with Gasteiger partial charge in [-0.3, -0.25) is 4.90 Å². The molecule has 1 aromatic heterocycles. The van der Waals surface area contributed by atoms with E-state index in [0.717, 1.165) is 36.9 Å². The molecule has 0 saturated carbocycles. The van der Waals surface area contributed by atoms with Crippen LogP contribution in [-0.2, 0) is 4.74 Å². The van der Waals surface area contributed by atoms with Gasteiger partial charge in [0.15, 0.2) is 0 Å². The number of ether oxygens (including phenoxy) is 1. The van der Waals surface area contributed by atoms with Crippen molar-refractivity contribution in [3.05, 3.63) is 54.4 Å². The summed E-state index contributed by atoms with van der Waals surface area (Å²) in [7, 11) is 0. The molecule has 1 amide bonds. The van der Waals surface area contributed by atoms with Gasteiger partial charge in [-0.2, -0.15) is 5.10 Å². The number of rotatable bonds is 2. The molecule has 2 unspecified atom stereocenters. The van der Waals surface area contributed by atoms with Crippen LogP contribution in [0.15, 0.2) is 48.8 Å². The first kappa shape index (κ1) is 17.8. The van der Waals surface area contributed by atoms with Crippen LogP contribution in [0.3, 0.4) is 0 Å². The number of carbonyl (C=O) groups is 1. The van der Waals surface area contributed by atoms with Gasteiger partial charge in [0.2, 0.25) is 0 Å². The Bertz CT molecular complexity index is 848. The Morgan fingerprint density at radius 1 is 1.19 bits per heavy atom. The lowest BCUT2D eigenvalue weighted by atomic mass is 9.84. The van der Waals surface area contributed by atoms with Crippen molar-refractivity contribution in [2.45, 2.75) is 64.1 Å². The van der Waals surface area contributed by atoms with E-state index in [1.165, 1.54) is 5.57 Å². The SMILES string of the molecule is CC(C)(C)OC(=O)N1C2C=C(c3cnn(-c4ccccc4)c3)CC1CCC2. The molecule has 1 saturated heterocycles. The Labute approximate surface area is 160 Å². The van der Waals surface area contributed by atoms with Crippen LogP contribution in [0.2, 0.25) is 0 Å². The molecular formula is C22H27N3O2. The number of benzene rings is 1. The van der Waals surface area contributed by atoms with Crippen molar-refractivity contribution in [3.8, 4) is 5.69 Å². The second kappa shape index (κ2) is 6.87. The molecule has 1 aromatic carbocycles. The summed E-state index contributed by atoms with van der Waals surface area (Å²) in [5.41, 5.74) is 3.01. The molecule has 27 heavy (non-hydrogen) atoms. The Hall–Kier alpha value is -2.56. The van der Waals surface area contributed by atoms with Gasteiger partial charge in [0.05, 0.1) is 17.9 Å². The molecule has 1 fully saturated rings. The summed E-state index contributed by atoms with van der Waals surface area (Å²) in [6.07, 6.45) is 10.1. The molecule has 2 aliphatic rings. The van der Waals surface area contributed by atoms with Crippen LogP contribution >= 0.6 is 0 Å². The Kier molecular flexibility index (Phi) is 4.54. The second-order valence-corrected chi connectivity index (χ2v) is 8.44. The lowest BCUT2D eigenvalue weighted by molar-refractivity contribution is 0.0000859. The van der Waals surface area contributed by atoms with Gasteiger partial charge in [0, 0.05) is 17.8 Å². The third kappa shape index (κ3) is 3.77. The predicted molar refractivity (Wildman–Crippen MR) is 106 cm³/mol. The van der Waals surface area contributed by atoms with Crippen LogP contribution in [0, 0.1) is 0 Å². The molecular weight excluding hydrogens is 338 g/mol. The third-order valence-corrected chi connectivity index (χ3v) is 5.22. The van der Waals surface area contributed by atoms with E-state index < -0.39 is 5.60 Å². The monoisotopic (exact) mass is 365 g/mol. The highest BCUT2D eigenvalue weighted by molar-refractivity contribution is 5.74. The van der Waals surface area contributed by atoms with Crippen molar-refractivity contribution in [1.82, 2.24) is 14.7 Å². The van der Waals surface area contributed by atoms with Gasteiger partial charge in [-0.1, -0.05) is 24.3 Å². The number of carbonyl (C=O) groups excluding carboxylic acids is 1. The van der Waals surface area contributed by atoms with Crippen LogP contribution in [0.25, 0.3) is 11.3 Å². The normalized spacial score (nSPS) is 22.3. The largest absolute Gasteiger partial charge is 0.444 e. The second-order valence-electron chi connectivity index (χ2n) is 8.44. The molecule has 0 N–H and O–H groups in total. The number of nitrogens with zero attached hydrogens (tertiary/aromatic N) is 3. The first-order chi connectivity index (χ1) is 12.9. The van der Waals surface area contributed by atoms with Crippen molar-refractivity contribution in [3.63, 3.8) is 0 Å². The van der Waals surface area contributed by atoms with E-state index in [1.54, 1.807) is 0 Å². The number of piperidine rings is 1. The van der Waals surface area contributed by atoms with Crippen LogP contribution in [0.4, 0.5) is 4.79 Å². The molecule has 0 radical (unpaired) electrons. The molecule has 5 nitrogen and oxygen atoms in total. The van der Waals surface area contributed by atoms with E-state index in [0.29, 0.717) is 0 Å². The van der Waals surface area contributed by atoms with Gasteiger partial charge in [0.1, 0.15) is 5.60 Å². The zero-order valence-electron chi connectivity index (χ0n) is 16.3. The minimum Gasteiger partial charge on any atom is -0.444 e. The molecule has 0 spiro atoms. The number of fused-ring (bicyclic) bond motifs is 2. The van der Waals surface area contributed by atoms with Gasteiger partial charge < -0.3 is 4.74 Å². The third-order valence-electron chi connectivity index (χ3n) is 5.22. The highest BCUT2D eigenvalue weighted by Crippen LogP contribution is 2.38. The van der Waals surface area contributed by atoms with E-state index >= 15 is 0 Å². The summed E-state index contributed by atoms with van der Waals surface area (Å²) in [4.78, 5) is 14.7. The van der Waals surface area contributed by atoms with Gasteiger partial charge >= 0.3 is 6.09 Å². The average Bonchev–Trinajstić information content (AvgIpc) is 3.10. The number of aromatic nitrogens is 2. The maximum absolute atomic E-state index is 12.7. The molecule has 142 valence electrons. The number of hydrogen-bond acceptors (Lipinski definition) is 3.